The van der Waals surface area contributed by atoms with Gasteiger partial charge in [-0.3, -0.25) is 4.79 Å². The fourth-order valence-electron chi connectivity index (χ4n) is 3.46. The van der Waals surface area contributed by atoms with Crippen molar-refractivity contribution in [2.45, 2.75) is 32.2 Å². The van der Waals surface area contributed by atoms with E-state index in [2.05, 4.69) is 10.2 Å². The maximum atomic E-state index is 12.6. The summed E-state index contributed by atoms with van der Waals surface area (Å²) in [4.78, 5) is 14.8. The van der Waals surface area contributed by atoms with Gasteiger partial charge in [0.1, 0.15) is 0 Å². The lowest BCUT2D eigenvalue weighted by atomic mass is 9.98. The highest BCUT2D eigenvalue weighted by molar-refractivity contribution is 6.42. The Morgan fingerprint density at radius 1 is 1.04 bits per heavy atom. The van der Waals surface area contributed by atoms with Gasteiger partial charge in [0.2, 0.25) is 5.91 Å². The molecule has 0 saturated carbocycles. The first-order chi connectivity index (χ1) is 13.3. The van der Waals surface area contributed by atoms with Crippen LogP contribution in [0.4, 0.5) is 5.69 Å². The minimum atomic E-state index is -0.138. The number of carbonyl (C=O) groups excluding carboxylic acids is 1. The molecule has 1 atom stereocenters. The zero-order chi connectivity index (χ0) is 20.3. The lowest BCUT2D eigenvalue weighted by molar-refractivity contribution is -0.125. The van der Waals surface area contributed by atoms with Crippen LogP contribution in [0.1, 0.15) is 25.3 Å². The number of carbonyl (C=O) groups is 1. The van der Waals surface area contributed by atoms with Gasteiger partial charge in [0, 0.05) is 30.1 Å². The first kappa shape index (κ1) is 21.6. The van der Waals surface area contributed by atoms with Crippen LogP contribution in [-0.2, 0) is 11.2 Å². The smallest absolute Gasteiger partial charge is 0.223 e. The molecule has 0 aromatic heterocycles. The van der Waals surface area contributed by atoms with Crippen molar-refractivity contribution >= 4 is 58.0 Å². The summed E-state index contributed by atoms with van der Waals surface area (Å²) in [7, 11) is 0. The fourth-order valence-corrected chi connectivity index (χ4v) is 4.31. The van der Waals surface area contributed by atoms with Crippen LogP contribution in [-0.4, -0.2) is 25.0 Å². The largest absolute Gasteiger partial charge is 0.370 e. The van der Waals surface area contributed by atoms with Crippen LogP contribution in [0.2, 0.25) is 20.1 Å². The molecule has 1 heterocycles. The summed E-state index contributed by atoms with van der Waals surface area (Å²) in [6, 6.07) is 11.2. The Balaban J connectivity index is 1.50. The van der Waals surface area contributed by atoms with Crippen molar-refractivity contribution in [3.05, 3.63) is 62.1 Å². The van der Waals surface area contributed by atoms with E-state index in [-0.39, 0.29) is 17.9 Å². The molecule has 2 aromatic carbocycles. The summed E-state index contributed by atoms with van der Waals surface area (Å²) in [5, 5.41) is 5.51. The standard InChI is InChI=1S/C21H22Cl4N2O/c1-13(10-14-2-4-17(23)18(24)11-14)21(28)26-16-6-8-27(9-7-16)20-5-3-15(22)12-19(20)25/h2-5,11-13,16H,6-10H2,1H3,(H,26,28). The minimum absolute atomic E-state index is 0.0639. The number of anilines is 1. The van der Waals surface area contributed by atoms with Crippen molar-refractivity contribution in [1.82, 2.24) is 5.32 Å². The monoisotopic (exact) mass is 458 g/mol. The highest BCUT2D eigenvalue weighted by Crippen LogP contribution is 2.31. The molecule has 1 amide bonds. The second kappa shape index (κ2) is 9.58. The van der Waals surface area contributed by atoms with Gasteiger partial charge < -0.3 is 10.2 Å². The molecule has 1 aliphatic heterocycles. The van der Waals surface area contributed by atoms with E-state index in [1.54, 1.807) is 12.1 Å². The second-order valence-electron chi connectivity index (χ2n) is 7.22. The second-order valence-corrected chi connectivity index (χ2v) is 8.88. The zero-order valence-corrected chi connectivity index (χ0v) is 18.5. The Labute approximate surface area is 185 Å². The van der Waals surface area contributed by atoms with E-state index in [4.69, 9.17) is 46.4 Å². The SMILES string of the molecule is CC(Cc1ccc(Cl)c(Cl)c1)C(=O)NC1CCN(c2ccc(Cl)cc2Cl)CC1. The molecule has 1 saturated heterocycles. The summed E-state index contributed by atoms with van der Waals surface area (Å²) >= 11 is 24.3. The maximum absolute atomic E-state index is 12.6. The molecule has 0 radical (unpaired) electrons. The molecule has 28 heavy (non-hydrogen) atoms. The van der Waals surface area contributed by atoms with Gasteiger partial charge in [-0.05, 0) is 55.2 Å². The minimum Gasteiger partial charge on any atom is -0.370 e. The Hall–Kier alpha value is -1.13. The molecule has 1 fully saturated rings. The predicted molar refractivity (Wildman–Crippen MR) is 119 cm³/mol. The van der Waals surface area contributed by atoms with Crippen LogP contribution in [0.5, 0.6) is 0 Å². The highest BCUT2D eigenvalue weighted by atomic mass is 35.5. The Morgan fingerprint density at radius 2 is 1.75 bits per heavy atom. The van der Waals surface area contributed by atoms with Crippen LogP contribution in [0.3, 0.4) is 0 Å². The molecule has 150 valence electrons. The number of amides is 1. The van der Waals surface area contributed by atoms with Crippen molar-refractivity contribution in [3.63, 3.8) is 0 Å². The predicted octanol–water partition coefficient (Wildman–Crippen LogP) is 6.26. The number of benzene rings is 2. The van der Waals surface area contributed by atoms with Gasteiger partial charge in [-0.2, -0.15) is 0 Å². The molecule has 1 N–H and O–H groups in total. The van der Waals surface area contributed by atoms with Crippen molar-refractivity contribution in [3.8, 4) is 0 Å². The number of rotatable bonds is 5. The van der Waals surface area contributed by atoms with E-state index >= 15 is 0 Å². The lowest BCUT2D eigenvalue weighted by Gasteiger charge is -2.34. The number of hydrogen-bond donors (Lipinski definition) is 1. The van der Waals surface area contributed by atoms with Gasteiger partial charge in [-0.15, -0.1) is 0 Å². The van der Waals surface area contributed by atoms with Crippen LogP contribution < -0.4 is 10.2 Å². The van der Waals surface area contributed by atoms with Crippen molar-refractivity contribution in [1.29, 1.82) is 0 Å². The molecule has 1 aliphatic rings. The zero-order valence-electron chi connectivity index (χ0n) is 15.5. The number of nitrogens with one attached hydrogen (secondary N) is 1. The first-order valence-corrected chi connectivity index (χ1v) is 10.8. The van der Waals surface area contributed by atoms with Crippen LogP contribution in [0.15, 0.2) is 36.4 Å². The first-order valence-electron chi connectivity index (χ1n) is 9.28. The summed E-state index contributed by atoms with van der Waals surface area (Å²) in [6.45, 7) is 3.61. The summed E-state index contributed by atoms with van der Waals surface area (Å²) in [5.74, 6) is -0.0740. The number of halogens is 4. The van der Waals surface area contributed by atoms with E-state index < -0.39 is 0 Å². The summed E-state index contributed by atoms with van der Waals surface area (Å²) in [5.41, 5.74) is 1.99. The third kappa shape index (κ3) is 5.48. The van der Waals surface area contributed by atoms with Crippen LogP contribution in [0, 0.1) is 5.92 Å². The van der Waals surface area contributed by atoms with Gasteiger partial charge in [0.05, 0.1) is 20.8 Å². The molecule has 1 unspecified atom stereocenters. The third-order valence-electron chi connectivity index (χ3n) is 5.07. The average molecular weight is 460 g/mol. The molecule has 3 nitrogen and oxygen atoms in total. The Morgan fingerprint density at radius 3 is 2.39 bits per heavy atom. The van der Waals surface area contributed by atoms with E-state index in [9.17, 15) is 4.79 Å². The van der Waals surface area contributed by atoms with Crippen molar-refractivity contribution < 1.29 is 4.79 Å². The number of hydrogen-bond acceptors (Lipinski definition) is 2. The fraction of sp³-hybridized carbons (Fsp3) is 0.381. The highest BCUT2D eigenvalue weighted by Gasteiger charge is 2.24. The lowest BCUT2D eigenvalue weighted by Crippen LogP contribution is -2.46. The van der Waals surface area contributed by atoms with E-state index in [0.717, 1.165) is 37.2 Å². The number of piperidine rings is 1. The maximum Gasteiger partial charge on any atom is 0.223 e. The summed E-state index contributed by atoms with van der Waals surface area (Å²) < 4.78 is 0. The molecule has 7 heteroatoms. The van der Waals surface area contributed by atoms with E-state index in [0.29, 0.717) is 26.5 Å². The van der Waals surface area contributed by atoms with Gasteiger partial charge in [0.25, 0.3) is 0 Å². The number of nitrogens with zero attached hydrogens (tertiary/aromatic N) is 1. The Bertz CT molecular complexity index is 850. The molecule has 3 rings (SSSR count). The van der Waals surface area contributed by atoms with Crippen molar-refractivity contribution in [2.24, 2.45) is 5.92 Å². The molecule has 0 bridgehead atoms. The molecule has 2 aromatic rings. The van der Waals surface area contributed by atoms with Crippen LogP contribution >= 0.6 is 46.4 Å². The van der Waals surface area contributed by atoms with E-state index in [1.807, 2.05) is 31.2 Å². The van der Waals surface area contributed by atoms with Crippen LogP contribution in [0.25, 0.3) is 0 Å². The van der Waals surface area contributed by atoms with Gasteiger partial charge in [-0.25, -0.2) is 0 Å². The quantitative estimate of drug-likeness (QED) is 0.571. The normalized spacial score (nSPS) is 16.1. The molecular weight excluding hydrogens is 438 g/mol. The van der Waals surface area contributed by atoms with Gasteiger partial charge in [-0.1, -0.05) is 59.4 Å². The van der Waals surface area contributed by atoms with E-state index in [1.165, 1.54) is 0 Å². The van der Waals surface area contributed by atoms with Gasteiger partial charge >= 0.3 is 0 Å². The van der Waals surface area contributed by atoms with Crippen molar-refractivity contribution in [2.75, 3.05) is 18.0 Å². The summed E-state index contributed by atoms with van der Waals surface area (Å²) in [6.07, 6.45) is 2.39. The third-order valence-corrected chi connectivity index (χ3v) is 6.34. The van der Waals surface area contributed by atoms with Gasteiger partial charge in [0.15, 0.2) is 0 Å². The average Bonchev–Trinajstić information content (AvgIpc) is 2.65. The molecular formula is C21H22Cl4N2O. The Kier molecular flexibility index (Phi) is 7.38. The molecule has 0 aliphatic carbocycles. The molecule has 0 spiro atoms. The topological polar surface area (TPSA) is 32.3 Å².